The molecule has 90 valence electrons. The van der Waals surface area contributed by atoms with Gasteiger partial charge in [-0.15, -0.1) is 0 Å². The molecule has 4 heteroatoms. The summed E-state index contributed by atoms with van der Waals surface area (Å²) in [5.74, 6) is 0.729. The Morgan fingerprint density at radius 3 is 2.81 bits per heavy atom. The molecule has 0 amide bonds. The molecule has 16 heavy (non-hydrogen) atoms. The molecule has 0 saturated carbocycles. The Morgan fingerprint density at radius 1 is 1.50 bits per heavy atom. The van der Waals surface area contributed by atoms with Gasteiger partial charge in [-0.1, -0.05) is 24.6 Å². The molecule has 1 N–H and O–H groups in total. The van der Waals surface area contributed by atoms with Crippen LogP contribution in [0.15, 0.2) is 18.2 Å². The molecule has 1 nitrogen and oxygen atoms in total. The SMILES string of the molecule is CCC(CSC)NCc1ccc(F)c(Cl)c1. The van der Waals surface area contributed by atoms with Crippen LogP contribution < -0.4 is 5.32 Å². The van der Waals surface area contributed by atoms with Crippen molar-refractivity contribution in [3.8, 4) is 0 Å². The van der Waals surface area contributed by atoms with Crippen molar-refractivity contribution in [3.05, 3.63) is 34.6 Å². The van der Waals surface area contributed by atoms with E-state index in [0.29, 0.717) is 6.04 Å². The molecule has 0 spiro atoms. The number of hydrogen-bond donors (Lipinski definition) is 1. The summed E-state index contributed by atoms with van der Waals surface area (Å²) < 4.78 is 12.9. The molecule has 1 rings (SSSR count). The maximum atomic E-state index is 12.9. The van der Waals surface area contributed by atoms with Crippen LogP contribution in [0.3, 0.4) is 0 Å². The van der Waals surface area contributed by atoms with E-state index in [1.807, 2.05) is 11.8 Å². The highest BCUT2D eigenvalue weighted by molar-refractivity contribution is 7.98. The molecule has 0 fully saturated rings. The summed E-state index contributed by atoms with van der Waals surface area (Å²) in [6.45, 7) is 2.89. The number of thioether (sulfide) groups is 1. The lowest BCUT2D eigenvalue weighted by Crippen LogP contribution is -2.30. The molecule has 1 atom stereocenters. The number of nitrogens with one attached hydrogen (secondary N) is 1. The minimum absolute atomic E-state index is 0.192. The van der Waals surface area contributed by atoms with Gasteiger partial charge in [0.1, 0.15) is 5.82 Å². The quantitative estimate of drug-likeness (QED) is 0.838. The second-order valence-electron chi connectivity index (χ2n) is 3.69. The summed E-state index contributed by atoms with van der Waals surface area (Å²) >= 11 is 7.54. The van der Waals surface area contributed by atoms with Gasteiger partial charge >= 0.3 is 0 Å². The van der Waals surface area contributed by atoms with Crippen molar-refractivity contribution in [3.63, 3.8) is 0 Å². The molecular formula is C12H17ClFNS. The van der Waals surface area contributed by atoms with Crippen molar-refractivity contribution in [2.24, 2.45) is 0 Å². The smallest absolute Gasteiger partial charge is 0.141 e. The highest BCUT2D eigenvalue weighted by Crippen LogP contribution is 2.16. The van der Waals surface area contributed by atoms with Gasteiger partial charge in [-0.05, 0) is 30.4 Å². The predicted molar refractivity (Wildman–Crippen MR) is 70.7 cm³/mol. The van der Waals surface area contributed by atoms with Gasteiger partial charge in [0.05, 0.1) is 5.02 Å². The lowest BCUT2D eigenvalue weighted by Gasteiger charge is -2.15. The molecular weight excluding hydrogens is 245 g/mol. The van der Waals surface area contributed by atoms with Crippen LogP contribution in [-0.2, 0) is 6.54 Å². The van der Waals surface area contributed by atoms with Crippen molar-refractivity contribution in [1.29, 1.82) is 0 Å². The summed E-state index contributed by atoms with van der Waals surface area (Å²) in [7, 11) is 0. The molecule has 1 unspecified atom stereocenters. The zero-order valence-corrected chi connectivity index (χ0v) is 11.2. The first-order valence-corrected chi connectivity index (χ1v) is 7.10. The highest BCUT2D eigenvalue weighted by Gasteiger charge is 2.05. The van der Waals surface area contributed by atoms with Crippen molar-refractivity contribution in [2.45, 2.75) is 25.9 Å². The second-order valence-corrected chi connectivity index (χ2v) is 5.01. The average Bonchev–Trinajstić information content (AvgIpc) is 2.28. The van der Waals surface area contributed by atoms with Gasteiger partial charge in [0.2, 0.25) is 0 Å². The van der Waals surface area contributed by atoms with Gasteiger partial charge in [0.15, 0.2) is 0 Å². The lowest BCUT2D eigenvalue weighted by atomic mass is 10.2. The van der Waals surface area contributed by atoms with Crippen LogP contribution in [0.5, 0.6) is 0 Å². The Labute approximate surface area is 106 Å². The van der Waals surface area contributed by atoms with Crippen LogP contribution >= 0.6 is 23.4 Å². The Hall–Kier alpha value is -0.250. The van der Waals surface area contributed by atoms with E-state index in [9.17, 15) is 4.39 Å². The zero-order valence-electron chi connectivity index (χ0n) is 9.59. The minimum atomic E-state index is -0.360. The van der Waals surface area contributed by atoms with E-state index in [1.165, 1.54) is 6.07 Å². The standard InChI is InChI=1S/C12H17ClFNS/c1-3-10(8-16-2)15-7-9-4-5-12(14)11(13)6-9/h4-6,10,15H,3,7-8H2,1-2H3. The minimum Gasteiger partial charge on any atom is -0.309 e. The Balaban J connectivity index is 2.50. The number of benzene rings is 1. The molecule has 0 aliphatic carbocycles. The third-order valence-electron chi connectivity index (χ3n) is 2.44. The zero-order chi connectivity index (χ0) is 12.0. The van der Waals surface area contributed by atoms with E-state index in [4.69, 9.17) is 11.6 Å². The highest BCUT2D eigenvalue weighted by atomic mass is 35.5. The van der Waals surface area contributed by atoms with E-state index in [-0.39, 0.29) is 10.8 Å². The van der Waals surface area contributed by atoms with Crippen molar-refractivity contribution in [1.82, 2.24) is 5.32 Å². The summed E-state index contributed by atoms with van der Waals surface area (Å²) in [5.41, 5.74) is 1.02. The molecule has 1 aromatic carbocycles. The molecule has 0 saturated heterocycles. The summed E-state index contributed by atoms with van der Waals surface area (Å²) in [5, 5.41) is 3.62. The normalized spacial score (nSPS) is 12.8. The summed E-state index contributed by atoms with van der Waals surface area (Å²) in [6.07, 6.45) is 3.19. The van der Waals surface area contributed by atoms with Gasteiger partial charge in [0.25, 0.3) is 0 Å². The van der Waals surface area contributed by atoms with Crippen LogP contribution in [0.2, 0.25) is 5.02 Å². The molecule has 0 heterocycles. The van der Waals surface area contributed by atoms with E-state index in [2.05, 4.69) is 18.5 Å². The molecule has 1 aromatic rings. The van der Waals surface area contributed by atoms with Crippen LogP contribution in [0.25, 0.3) is 0 Å². The largest absolute Gasteiger partial charge is 0.309 e. The fraction of sp³-hybridized carbons (Fsp3) is 0.500. The average molecular weight is 262 g/mol. The van der Waals surface area contributed by atoms with E-state index < -0.39 is 0 Å². The monoisotopic (exact) mass is 261 g/mol. The molecule has 0 bridgehead atoms. The van der Waals surface area contributed by atoms with Crippen LogP contribution in [0, 0.1) is 5.82 Å². The topological polar surface area (TPSA) is 12.0 Å². The van der Waals surface area contributed by atoms with E-state index in [0.717, 1.165) is 24.3 Å². The molecule has 0 aromatic heterocycles. The maximum Gasteiger partial charge on any atom is 0.141 e. The molecule has 0 radical (unpaired) electrons. The lowest BCUT2D eigenvalue weighted by molar-refractivity contribution is 0.540. The maximum absolute atomic E-state index is 12.9. The predicted octanol–water partition coefficient (Wildman–Crippen LogP) is 3.71. The molecule has 0 aliphatic rings. The van der Waals surface area contributed by atoms with Gasteiger partial charge in [-0.3, -0.25) is 0 Å². The second kappa shape index (κ2) is 7.15. The van der Waals surface area contributed by atoms with Crippen LogP contribution in [0.4, 0.5) is 4.39 Å². The third kappa shape index (κ3) is 4.32. The van der Waals surface area contributed by atoms with Crippen molar-refractivity contribution < 1.29 is 4.39 Å². The molecule has 0 aliphatic heterocycles. The number of rotatable bonds is 6. The van der Waals surface area contributed by atoms with Gasteiger partial charge < -0.3 is 5.32 Å². The number of hydrogen-bond acceptors (Lipinski definition) is 2. The van der Waals surface area contributed by atoms with Gasteiger partial charge in [-0.25, -0.2) is 4.39 Å². The summed E-state index contributed by atoms with van der Waals surface area (Å²) in [4.78, 5) is 0. The van der Waals surface area contributed by atoms with Crippen molar-refractivity contribution in [2.75, 3.05) is 12.0 Å². The first kappa shape index (κ1) is 13.8. The van der Waals surface area contributed by atoms with Gasteiger partial charge in [0, 0.05) is 18.3 Å². The first-order chi connectivity index (χ1) is 7.67. The Kier molecular flexibility index (Phi) is 6.17. The fourth-order valence-electron chi connectivity index (χ4n) is 1.43. The van der Waals surface area contributed by atoms with Crippen LogP contribution in [-0.4, -0.2) is 18.1 Å². The van der Waals surface area contributed by atoms with E-state index >= 15 is 0 Å². The Morgan fingerprint density at radius 2 is 2.25 bits per heavy atom. The van der Waals surface area contributed by atoms with Crippen molar-refractivity contribution >= 4 is 23.4 Å². The fourth-order valence-corrected chi connectivity index (χ4v) is 2.39. The first-order valence-electron chi connectivity index (χ1n) is 5.33. The Bertz CT molecular complexity index is 333. The third-order valence-corrected chi connectivity index (χ3v) is 3.46. The number of halogens is 2. The van der Waals surface area contributed by atoms with Crippen LogP contribution in [0.1, 0.15) is 18.9 Å². The van der Waals surface area contributed by atoms with Gasteiger partial charge in [-0.2, -0.15) is 11.8 Å². The van der Waals surface area contributed by atoms with E-state index in [1.54, 1.807) is 12.1 Å². The summed E-state index contributed by atoms with van der Waals surface area (Å²) in [6, 6.07) is 5.35.